The van der Waals surface area contributed by atoms with Crippen molar-refractivity contribution in [3.05, 3.63) is 35.4 Å². The molecule has 0 spiro atoms. The van der Waals surface area contributed by atoms with Crippen molar-refractivity contribution in [2.24, 2.45) is 0 Å². The van der Waals surface area contributed by atoms with Crippen LogP contribution in [0.2, 0.25) is 0 Å². The second-order valence-corrected chi connectivity index (χ2v) is 4.50. The van der Waals surface area contributed by atoms with Gasteiger partial charge >= 0.3 is 4.83 Å². The van der Waals surface area contributed by atoms with Gasteiger partial charge in [0.1, 0.15) is 0 Å². The number of hydrogen-bond acceptors (Lipinski definition) is 2. The van der Waals surface area contributed by atoms with E-state index < -0.39 is 17.0 Å². The van der Waals surface area contributed by atoms with Gasteiger partial charge in [-0.15, -0.1) is 0 Å². The molecule has 0 aromatic heterocycles. The van der Waals surface area contributed by atoms with E-state index in [1.807, 2.05) is 0 Å². The lowest BCUT2D eigenvalue weighted by atomic mass is 9.89. The molecule has 0 saturated heterocycles. The average Bonchev–Trinajstić information content (AvgIpc) is 2.17. The number of benzene rings is 1. The lowest BCUT2D eigenvalue weighted by Gasteiger charge is -2.37. The third kappa shape index (κ3) is 1.68. The van der Waals surface area contributed by atoms with E-state index >= 15 is 0 Å². The second kappa shape index (κ2) is 3.50. The quantitative estimate of drug-likeness (QED) is 0.800. The number of halogens is 3. The van der Waals surface area contributed by atoms with E-state index in [0.717, 1.165) is 0 Å². The lowest BCUT2D eigenvalue weighted by Crippen LogP contribution is -2.47. The Balaban J connectivity index is 2.55. The fraction of sp³-hybridized carbons (Fsp3) is 0.400. The van der Waals surface area contributed by atoms with E-state index in [1.165, 1.54) is 6.07 Å². The molecule has 0 amide bonds. The Morgan fingerprint density at radius 2 is 2.07 bits per heavy atom. The minimum absolute atomic E-state index is 0.220. The van der Waals surface area contributed by atoms with Crippen molar-refractivity contribution in [2.75, 3.05) is 6.61 Å². The first-order valence-corrected chi connectivity index (χ1v) is 5.20. The third-order valence-corrected chi connectivity index (χ3v) is 3.16. The van der Waals surface area contributed by atoms with Gasteiger partial charge in [0.2, 0.25) is 0 Å². The highest BCUT2D eigenvalue weighted by atomic mass is 79.9. The smallest absolute Gasteiger partial charge is 0.335 e. The molecule has 82 valence electrons. The van der Waals surface area contributed by atoms with E-state index in [9.17, 15) is 13.9 Å². The van der Waals surface area contributed by atoms with Crippen molar-refractivity contribution >= 4 is 15.9 Å². The van der Waals surface area contributed by atoms with Crippen molar-refractivity contribution in [1.82, 2.24) is 0 Å². The Morgan fingerprint density at radius 3 is 2.73 bits per heavy atom. The van der Waals surface area contributed by atoms with E-state index in [0.29, 0.717) is 5.56 Å². The second-order valence-electron chi connectivity index (χ2n) is 3.51. The maximum atomic E-state index is 13.3. The normalized spacial score (nSPS) is 26.1. The Kier molecular flexibility index (Phi) is 2.56. The molecule has 0 bridgehead atoms. The average molecular weight is 279 g/mol. The Morgan fingerprint density at radius 1 is 1.40 bits per heavy atom. The minimum atomic E-state index is -3.41. The zero-order valence-electron chi connectivity index (χ0n) is 7.71. The summed E-state index contributed by atoms with van der Waals surface area (Å²) in [6.07, 6.45) is 0. The molecule has 1 aliphatic heterocycles. The van der Waals surface area contributed by atoms with E-state index in [4.69, 9.17) is 4.74 Å². The number of ether oxygens (including phenoxy) is 1. The predicted octanol–water partition coefficient (Wildman–Crippen LogP) is 2.39. The topological polar surface area (TPSA) is 29.5 Å². The van der Waals surface area contributed by atoms with Crippen LogP contribution < -0.4 is 0 Å². The van der Waals surface area contributed by atoms with Crippen molar-refractivity contribution in [3.63, 3.8) is 0 Å². The molecule has 0 fully saturated rings. The van der Waals surface area contributed by atoms with Crippen LogP contribution in [0.1, 0.15) is 11.1 Å². The summed E-state index contributed by atoms with van der Waals surface area (Å²) in [4.78, 5) is -3.41. The van der Waals surface area contributed by atoms with Crippen LogP contribution in [0, 0.1) is 0 Å². The van der Waals surface area contributed by atoms with Gasteiger partial charge < -0.3 is 9.84 Å². The summed E-state index contributed by atoms with van der Waals surface area (Å²) in [7, 11) is 0. The largest absolute Gasteiger partial charge is 0.376 e. The molecule has 1 aromatic rings. The van der Waals surface area contributed by atoms with Gasteiger partial charge in [-0.05, 0) is 27.1 Å². The summed E-state index contributed by atoms with van der Waals surface area (Å²) >= 11 is 2.20. The number of hydrogen-bond donors (Lipinski definition) is 1. The van der Waals surface area contributed by atoms with Gasteiger partial charge in [0.25, 0.3) is 0 Å². The Bertz CT molecular complexity index is 378. The molecule has 0 aliphatic carbocycles. The lowest BCUT2D eigenvalue weighted by molar-refractivity contribution is -0.171. The molecule has 2 nitrogen and oxygen atoms in total. The molecule has 1 aromatic carbocycles. The first-order valence-electron chi connectivity index (χ1n) is 4.40. The van der Waals surface area contributed by atoms with Crippen molar-refractivity contribution in [3.8, 4) is 0 Å². The predicted molar refractivity (Wildman–Crippen MR) is 53.9 cm³/mol. The van der Waals surface area contributed by atoms with Crippen LogP contribution in [0.4, 0.5) is 8.78 Å². The number of rotatable bonds is 1. The van der Waals surface area contributed by atoms with Gasteiger partial charge in [-0.2, -0.15) is 8.78 Å². The van der Waals surface area contributed by atoms with Crippen LogP contribution in [0.3, 0.4) is 0 Å². The molecular weight excluding hydrogens is 270 g/mol. The highest BCUT2D eigenvalue weighted by Crippen LogP contribution is 2.45. The monoisotopic (exact) mass is 278 g/mol. The summed E-state index contributed by atoms with van der Waals surface area (Å²) in [5.41, 5.74) is -1.48. The molecule has 1 atom stereocenters. The highest BCUT2D eigenvalue weighted by molar-refractivity contribution is 9.10. The van der Waals surface area contributed by atoms with Gasteiger partial charge in [-0.1, -0.05) is 24.3 Å². The molecule has 15 heavy (non-hydrogen) atoms. The SMILES string of the molecule is OC1(C(F)(F)Br)COCc2ccccc21. The van der Waals surface area contributed by atoms with Crippen LogP contribution in [0.5, 0.6) is 0 Å². The molecule has 2 rings (SSSR count). The van der Waals surface area contributed by atoms with Crippen molar-refractivity contribution < 1.29 is 18.6 Å². The summed E-state index contributed by atoms with van der Waals surface area (Å²) in [6.45, 7) is -0.163. The molecule has 0 radical (unpaired) electrons. The summed E-state index contributed by atoms with van der Waals surface area (Å²) in [5, 5.41) is 9.94. The van der Waals surface area contributed by atoms with Gasteiger partial charge in [0, 0.05) is 0 Å². The van der Waals surface area contributed by atoms with Crippen molar-refractivity contribution in [2.45, 2.75) is 17.0 Å². The van der Waals surface area contributed by atoms with Crippen LogP contribution in [0.15, 0.2) is 24.3 Å². The number of fused-ring (bicyclic) bond motifs is 1. The Labute approximate surface area is 94.0 Å². The summed E-state index contributed by atoms with van der Waals surface area (Å²) in [5.74, 6) is 0. The van der Waals surface area contributed by atoms with Gasteiger partial charge in [-0.3, -0.25) is 0 Å². The van der Waals surface area contributed by atoms with Gasteiger partial charge in [0.05, 0.1) is 13.2 Å². The Hall–Kier alpha value is -0.520. The molecule has 1 aliphatic rings. The maximum Gasteiger partial charge on any atom is 0.335 e. The first-order chi connectivity index (χ1) is 6.95. The molecule has 1 unspecified atom stereocenters. The molecule has 1 N–H and O–H groups in total. The minimum Gasteiger partial charge on any atom is -0.376 e. The van der Waals surface area contributed by atoms with Crippen LogP contribution >= 0.6 is 15.9 Å². The summed E-state index contributed by atoms with van der Waals surface area (Å²) < 4.78 is 31.5. The molecule has 0 saturated carbocycles. The highest BCUT2D eigenvalue weighted by Gasteiger charge is 2.54. The van der Waals surface area contributed by atoms with E-state index in [2.05, 4.69) is 15.9 Å². The van der Waals surface area contributed by atoms with Gasteiger partial charge in [0.15, 0.2) is 5.60 Å². The standard InChI is InChI=1S/C10H9BrF2O2/c11-10(12,13)9(14)6-15-5-7-3-1-2-4-8(7)9/h1-4,14H,5-6H2. The molecular formula is C10H9BrF2O2. The van der Waals surface area contributed by atoms with Gasteiger partial charge in [-0.25, -0.2) is 0 Å². The zero-order chi connectivity index (χ0) is 11.1. The summed E-state index contributed by atoms with van der Waals surface area (Å²) in [6, 6.07) is 6.50. The van der Waals surface area contributed by atoms with Crippen LogP contribution in [-0.4, -0.2) is 16.5 Å². The molecule has 5 heteroatoms. The number of alkyl halides is 3. The zero-order valence-corrected chi connectivity index (χ0v) is 9.30. The van der Waals surface area contributed by atoms with E-state index in [1.54, 1.807) is 18.2 Å². The fourth-order valence-electron chi connectivity index (χ4n) is 1.67. The number of aliphatic hydroxyl groups is 1. The fourth-order valence-corrected chi connectivity index (χ4v) is 2.00. The van der Waals surface area contributed by atoms with E-state index in [-0.39, 0.29) is 12.2 Å². The first kappa shape index (κ1) is 11.0. The van der Waals surface area contributed by atoms with Crippen LogP contribution in [0.25, 0.3) is 0 Å². The molecule has 1 heterocycles. The van der Waals surface area contributed by atoms with Crippen molar-refractivity contribution in [1.29, 1.82) is 0 Å². The maximum absolute atomic E-state index is 13.3. The third-order valence-electron chi connectivity index (χ3n) is 2.50. The van der Waals surface area contributed by atoms with Crippen LogP contribution in [-0.2, 0) is 16.9 Å².